The van der Waals surface area contributed by atoms with Gasteiger partial charge in [0.05, 0.1) is 15.7 Å². The van der Waals surface area contributed by atoms with E-state index >= 15 is 0 Å². The second-order valence-electron chi connectivity index (χ2n) is 3.49. The Morgan fingerprint density at radius 3 is 2.06 bits per heavy atom. The van der Waals surface area contributed by atoms with E-state index in [2.05, 4.69) is 5.32 Å². The van der Waals surface area contributed by atoms with Crippen molar-refractivity contribution in [2.24, 2.45) is 0 Å². The van der Waals surface area contributed by atoms with E-state index in [9.17, 15) is 4.39 Å². The summed E-state index contributed by atoms with van der Waals surface area (Å²) in [7, 11) is 0. The van der Waals surface area contributed by atoms with Crippen molar-refractivity contribution in [1.82, 2.24) is 0 Å². The van der Waals surface area contributed by atoms with Crippen molar-refractivity contribution in [1.29, 1.82) is 0 Å². The van der Waals surface area contributed by atoms with Crippen LogP contribution in [-0.4, -0.2) is 0 Å². The van der Waals surface area contributed by atoms with Gasteiger partial charge in [0.15, 0.2) is 0 Å². The molecular formula is C12H9Cl2FN2. The minimum Gasteiger partial charge on any atom is -0.399 e. The molecule has 0 unspecified atom stereocenters. The SMILES string of the molecule is Nc1cc(Cl)c(Nc2ccc(F)cc2)c(Cl)c1. The van der Waals surface area contributed by atoms with Crippen molar-refractivity contribution < 1.29 is 4.39 Å². The summed E-state index contributed by atoms with van der Waals surface area (Å²) in [4.78, 5) is 0. The van der Waals surface area contributed by atoms with Gasteiger partial charge >= 0.3 is 0 Å². The molecule has 0 radical (unpaired) electrons. The number of rotatable bonds is 2. The molecule has 2 rings (SSSR count). The predicted molar refractivity (Wildman–Crippen MR) is 70.6 cm³/mol. The Labute approximate surface area is 108 Å². The van der Waals surface area contributed by atoms with Gasteiger partial charge in [0.1, 0.15) is 5.82 Å². The zero-order valence-electron chi connectivity index (χ0n) is 8.68. The van der Waals surface area contributed by atoms with Crippen LogP contribution in [0.1, 0.15) is 0 Å². The summed E-state index contributed by atoms with van der Waals surface area (Å²) in [6, 6.07) is 9.08. The van der Waals surface area contributed by atoms with Crippen LogP contribution in [0.4, 0.5) is 21.5 Å². The molecule has 0 saturated carbocycles. The molecule has 0 bridgehead atoms. The van der Waals surface area contributed by atoms with Crippen molar-refractivity contribution in [3.63, 3.8) is 0 Å². The zero-order valence-corrected chi connectivity index (χ0v) is 10.2. The highest BCUT2D eigenvalue weighted by Gasteiger charge is 2.07. The maximum absolute atomic E-state index is 12.7. The van der Waals surface area contributed by atoms with Gasteiger partial charge in [-0.3, -0.25) is 0 Å². The largest absolute Gasteiger partial charge is 0.399 e. The van der Waals surface area contributed by atoms with Crippen LogP contribution in [0.15, 0.2) is 36.4 Å². The molecule has 0 amide bonds. The molecule has 0 aliphatic rings. The number of halogens is 3. The van der Waals surface area contributed by atoms with E-state index in [1.807, 2.05) is 0 Å². The third-order valence-corrected chi connectivity index (χ3v) is 2.77. The first-order valence-corrected chi connectivity index (χ1v) is 5.59. The fourth-order valence-electron chi connectivity index (χ4n) is 1.39. The van der Waals surface area contributed by atoms with Crippen LogP contribution in [0.3, 0.4) is 0 Å². The molecule has 0 spiro atoms. The van der Waals surface area contributed by atoms with Crippen LogP contribution in [0.5, 0.6) is 0 Å². The van der Waals surface area contributed by atoms with E-state index in [-0.39, 0.29) is 5.82 Å². The molecule has 0 aliphatic heterocycles. The molecule has 2 aromatic rings. The smallest absolute Gasteiger partial charge is 0.123 e. The number of hydrogen-bond donors (Lipinski definition) is 2. The first-order chi connectivity index (χ1) is 8.06. The number of nitrogens with one attached hydrogen (secondary N) is 1. The summed E-state index contributed by atoms with van der Waals surface area (Å²) in [5, 5.41) is 3.84. The summed E-state index contributed by atoms with van der Waals surface area (Å²) in [6.45, 7) is 0. The molecule has 2 nitrogen and oxygen atoms in total. The van der Waals surface area contributed by atoms with Gasteiger partial charge in [-0.15, -0.1) is 0 Å². The van der Waals surface area contributed by atoms with E-state index in [1.165, 1.54) is 12.1 Å². The van der Waals surface area contributed by atoms with Crippen molar-refractivity contribution in [3.05, 3.63) is 52.3 Å². The van der Waals surface area contributed by atoms with Crippen LogP contribution in [-0.2, 0) is 0 Å². The lowest BCUT2D eigenvalue weighted by atomic mass is 10.2. The minimum atomic E-state index is -0.301. The lowest BCUT2D eigenvalue weighted by molar-refractivity contribution is 0.628. The standard InChI is InChI=1S/C12H9Cl2FN2/c13-10-5-8(16)6-11(14)12(10)17-9-3-1-7(15)2-4-9/h1-6,17H,16H2. The molecule has 3 N–H and O–H groups in total. The highest BCUT2D eigenvalue weighted by Crippen LogP contribution is 2.34. The van der Waals surface area contributed by atoms with Gasteiger partial charge in [-0.05, 0) is 36.4 Å². The molecule has 88 valence electrons. The molecule has 0 atom stereocenters. The van der Waals surface area contributed by atoms with Gasteiger partial charge in [0, 0.05) is 11.4 Å². The van der Waals surface area contributed by atoms with Crippen molar-refractivity contribution >= 4 is 40.3 Å². The van der Waals surface area contributed by atoms with Crippen molar-refractivity contribution in [3.8, 4) is 0 Å². The number of nitrogens with two attached hydrogens (primary N) is 1. The Hall–Kier alpha value is -1.45. The summed E-state index contributed by atoms with van der Waals surface area (Å²) in [6.07, 6.45) is 0. The van der Waals surface area contributed by atoms with E-state index in [0.717, 1.165) is 0 Å². The average molecular weight is 271 g/mol. The lowest BCUT2D eigenvalue weighted by Crippen LogP contribution is -1.94. The van der Waals surface area contributed by atoms with E-state index in [0.29, 0.717) is 27.1 Å². The Morgan fingerprint density at radius 2 is 1.53 bits per heavy atom. The second kappa shape index (κ2) is 4.82. The van der Waals surface area contributed by atoms with Crippen LogP contribution < -0.4 is 11.1 Å². The monoisotopic (exact) mass is 270 g/mol. The fourth-order valence-corrected chi connectivity index (χ4v) is 1.99. The Morgan fingerprint density at radius 1 is 1.00 bits per heavy atom. The Bertz CT molecular complexity index is 518. The van der Waals surface area contributed by atoms with E-state index < -0.39 is 0 Å². The third-order valence-electron chi connectivity index (χ3n) is 2.18. The van der Waals surface area contributed by atoms with Gasteiger partial charge in [-0.2, -0.15) is 0 Å². The maximum atomic E-state index is 12.7. The molecule has 0 aliphatic carbocycles. The number of nitrogen functional groups attached to an aromatic ring is 1. The molecular weight excluding hydrogens is 262 g/mol. The third kappa shape index (κ3) is 2.81. The summed E-state index contributed by atoms with van der Waals surface area (Å²) in [5.74, 6) is -0.301. The second-order valence-corrected chi connectivity index (χ2v) is 4.31. The lowest BCUT2D eigenvalue weighted by Gasteiger charge is -2.11. The maximum Gasteiger partial charge on any atom is 0.123 e. The molecule has 0 aromatic heterocycles. The topological polar surface area (TPSA) is 38.0 Å². The van der Waals surface area contributed by atoms with E-state index in [4.69, 9.17) is 28.9 Å². The number of hydrogen-bond acceptors (Lipinski definition) is 2. The molecule has 0 saturated heterocycles. The Kier molecular flexibility index (Phi) is 3.41. The van der Waals surface area contributed by atoms with E-state index in [1.54, 1.807) is 24.3 Å². The zero-order chi connectivity index (χ0) is 12.4. The number of anilines is 3. The average Bonchev–Trinajstić information content (AvgIpc) is 2.26. The number of benzene rings is 2. The van der Waals surface area contributed by atoms with Gasteiger partial charge < -0.3 is 11.1 Å². The normalized spacial score (nSPS) is 10.3. The van der Waals surface area contributed by atoms with Crippen LogP contribution in [0.25, 0.3) is 0 Å². The predicted octanol–water partition coefficient (Wildman–Crippen LogP) is 4.46. The highest BCUT2D eigenvalue weighted by atomic mass is 35.5. The summed E-state index contributed by atoms with van der Waals surface area (Å²) < 4.78 is 12.7. The van der Waals surface area contributed by atoms with Crippen LogP contribution in [0.2, 0.25) is 10.0 Å². The quantitative estimate of drug-likeness (QED) is 0.791. The highest BCUT2D eigenvalue weighted by molar-refractivity contribution is 6.39. The van der Waals surface area contributed by atoms with Gasteiger partial charge in [0.25, 0.3) is 0 Å². The first kappa shape index (κ1) is 12.0. The summed E-state index contributed by atoms with van der Waals surface area (Å²) in [5.41, 5.74) is 7.33. The van der Waals surface area contributed by atoms with Crippen LogP contribution >= 0.6 is 23.2 Å². The first-order valence-electron chi connectivity index (χ1n) is 4.83. The van der Waals surface area contributed by atoms with Gasteiger partial charge in [-0.25, -0.2) is 4.39 Å². The molecule has 0 fully saturated rings. The summed E-state index contributed by atoms with van der Waals surface area (Å²) >= 11 is 12.0. The molecule has 2 aromatic carbocycles. The van der Waals surface area contributed by atoms with Crippen LogP contribution in [0, 0.1) is 5.82 Å². The van der Waals surface area contributed by atoms with Gasteiger partial charge in [0.2, 0.25) is 0 Å². The van der Waals surface area contributed by atoms with Crippen molar-refractivity contribution in [2.45, 2.75) is 0 Å². The van der Waals surface area contributed by atoms with Crippen molar-refractivity contribution in [2.75, 3.05) is 11.1 Å². The minimum absolute atomic E-state index is 0.301. The Balaban J connectivity index is 2.33. The fraction of sp³-hybridized carbons (Fsp3) is 0. The van der Waals surface area contributed by atoms with Gasteiger partial charge in [-0.1, -0.05) is 23.2 Å². The molecule has 5 heteroatoms. The molecule has 17 heavy (non-hydrogen) atoms. The molecule has 0 heterocycles.